The summed E-state index contributed by atoms with van der Waals surface area (Å²) < 4.78 is 11.2. The lowest BCUT2D eigenvalue weighted by Crippen LogP contribution is -2.54. The number of carbonyl (C=O) groups excluding carboxylic acids is 5. The first kappa shape index (κ1) is 27.8. The van der Waals surface area contributed by atoms with Gasteiger partial charge in [-0.15, -0.1) is 0 Å². The van der Waals surface area contributed by atoms with Crippen LogP contribution in [0.2, 0.25) is 5.02 Å². The van der Waals surface area contributed by atoms with Crippen LogP contribution >= 0.6 is 11.6 Å². The number of nitrogens with one attached hydrogen (secondary N) is 3. The molecule has 1 aliphatic carbocycles. The predicted octanol–water partition coefficient (Wildman–Crippen LogP) is 2.12. The number of rotatable bonds is 8. The van der Waals surface area contributed by atoms with Gasteiger partial charge in [0.25, 0.3) is 5.91 Å². The van der Waals surface area contributed by atoms with Crippen molar-refractivity contribution < 1.29 is 33.4 Å². The quantitative estimate of drug-likeness (QED) is 0.422. The molecule has 11 nitrogen and oxygen atoms in total. The summed E-state index contributed by atoms with van der Waals surface area (Å²) in [5.74, 6) is -2.01. The van der Waals surface area contributed by atoms with Gasteiger partial charge in [0.15, 0.2) is 0 Å². The van der Waals surface area contributed by atoms with Gasteiger partial charge in [-0.2, -0.15) is 0 Å². The molecule has 1 unspecified atom stereocenters. The van der Waals surface area contributed by atoms with Gasteiger partial charge < -0.3 is 30.3 Å². The van der Waals surface area contributed by atoms with Crippen molar-refractivity contribution in [2.24, 2.45) is 0 Å². The van der Waals surface area contributed by atoms with Crippen molar-refractivity contribution in [3.05, 3.63) is 28.8 Å². The molecule has 4 atom stereocenters. The number of hydrogen-bond acceptors (Lipinski definition) is 7. The second-order valence-electron chi connectivity index (χ2n) is 9.98. The van der Waals surface area contributed by atoms with E-state index in [1.54, 1.807) is 6.92 Å². The fraction of sp³-hybridized carbons (Fsp3) is 0.577. The highest BCUT2D eigenvalue weighted by Gasteiger charge is 2.42. The van der Waals surface area contributed by atoms with E-state index in [1.165, 1.54) is 30.0 Å². The number of anilines is 1. The molecule has 0 radical (unpaired) electrons. The first-order valence-corrected chi connectivity index (χ1v) is 13.3. The summed E-state index contributed by atoms with van der Waals surface area (Å²) in [7, 11) is 0. The van der Waals surface area contributed by atoms with Crippen molar-refractivity contribution in [2.45, 2.75) is 89.3 Å². The van der Waals surface area contributed by atoms with Crippen LogP contribution in [0.4, 0.5) is 5.69 Å². The molecular weight excluding hydrogens is 516 g/mol. The maximum atomic E-state index is 13.2. The highest BCUT2D eigenvalue weighted by Crippen LogP contribution is 2.27. The van der Waals surface area contributed by atoms with E-state index < -0.39 is 42.2 Å². The Morgan fingerprint density at radius 3 is 2.55 bits per heavy atom. The van der Waals surface area contributed by atoms with Gasteiger partial charge in [-0.25, -0.2) is 0 Å². The Hall–Kier alpha value is -3.18. The summed E-state index contributed by atoms with van der Waals surface area (Å²) in [4.78, 5) is 63.7. The molecule has 2 aliphatic heterocycles. The summed E-state index contributed by atoms with van der Waals surface area (Å²) in [5, 5.41) is 8.26. The molecule has 0 aromatic heterocycles. The van der Waals surface area contributed by atoms with E-state index in [0.29, 0.717) is 25.1 Å². The third-order valence-corrected chi connectivity index (χ3v) is 7.33. The first-order valence-electron chi connectivity index (χ1n) is 13.0. The van der Waals surface area contributed by atoms with Gasteiger partial charge in [-0.1, -0.05) is 24.4 Å². The topological polar surface area (TPSA) is 143 Å². The van der Waals surface area contributed by atoms with Gasteiger partial charge in [0.05, 0.1) is 23.2 Å². The zero-order chi connectivity index (χ0) is 27.4. The Bertz CT molecular complexity index is 1110. The zero-order valence-corrected chi connectivity index (χ0v) is 22.2. The summed E-state index contributed by atoms with van der Waals surface area (Å²) >= 11 is 6.16. The minimum atomic E-state index is -0.903. The van der Waals surface area contributed by atoms with Gasteiger partial charge in [0.2, 0.25) is 24.0 Å². The third-order valence-electron chi connectivity index (χ3n) is 7.02. The molecule has 3 aliphatic rings. The molecule has 1 aromatic carbocycles. The molecule has 3 fully saturated rings. The number of benzene rings is 1. The van der Waals surface area contributed by atoms with Crippen LogP contribution in [0, 0.1) is 0 Å². The Balaban J connectivity index is 1.34. The SMILES string of the molecule is CC(=O)Nc1ccc(C(=O)N[C@@H](C)C(=O)N2CCC[C@H]2C(=O)N[C@H]2CC(=O)OC2OC2CCCC2)cc1Cl. The van der Waals surface area contributed by atoms with Crippen LogP contribution in [0.1, 0.15) is 69.2 Å². The molecular formula is C26H33ClN4O7. The number of amides is 4. The summed E-state index contributed by atoms with van der Waals surface area (Å²) in [6.07, 6.45) is 4.21. The summed E-state index contributed by atoms with van der Waals surface area (Å²) in [6.45, 7) is 3.27. The van der Waals surface area contributed by atoms with Gasteiger partial charge in [0, 0.05) is 19.0 Å². The normalized spacial score (nSPS) is 24.1. The molecule has 0 bridgehead atoms. The molecule has 3 N–H and O–H groups in total. The van der Waals surface area contributed by atoms with Crippen LogP contribution in [-0.4, -0.2) is 71.6 Å². The van der Waals surface area contributed by atoms with Crippen LogP contribution in [0.3, 0.4) is 0 Å². The van der Waals surface area contributed by atoms with Crippen LogP contribution in [0.15, 0.2) is 18.2 Å². The minimum Gasteiger partial charge on any atom is -0.433 e. The fourth-order valence-electron chi connectivity index (χ4n) is 5.11. The molecule has 2 heterocycles. The molecule has 0 spiro atoms. The molecule has 4 amide bonds. The second-order valence-corrected chi connectivity index (χ2v) is 10.4. The fourth-order valence-corrected chi connectivity index (χ4v) is 5.34. The van der Waals surface area contributed by atoms with Gasteiger partial charge >= 0.3 is 5.97 Å². The molecule has 2 saturated heterocycles. The van der Waals surface area contributed by atoms with Crippen molar-refractivity contribution in [3.8, 4) is 0 Å². The standard InChI is InChI=1S/C26H33ClN4O7/c1-14(28-23(34)16-9-10-19(18(27)12-16)29-15(2)32)25(36)31-11-5-8-21(31)24(35)30-20-13-22(33)38-26(20)37-17-6-3-4-7-17/h9-10,12,14,17,20-21,26H,3-8,11,13H2,1-2H3,(H,28,34)(H,29,32)(H,30,35)/t14-,20-,21-,26?/m0/s1. The Labute approximate surface area is 225 Å². The van der Waals surface area contributed by atoms with E-state index in [-0.39, 0.29) is 34.9 Å². The average Bonchev–Trinajstić information content (AvgIpc) is 3.62. The molecule has 12 heteroatoms. The van der Waals surface area contributed by atoms with Gasteiger partial charge in [0.1, 0.15) is 18.1 Å². The van der Waals surface area contributed by atoms with Crippen molar-refractivity contribution in [2.75, 3.05) is 11.9 Å². The smallest absolute Gasteiger partial charge is 0.310 e. The number of carbonyl (C=O) groups is 5. The van der Waals surface area contributed by atoms with Crippen molar-refractivity contribution in [1.82, 2.24) is 15.5 Å². The Morgan fingerprint density at radius 1 is 1.13 bits per heavy atom. The van der Waals surface area contributed by atoms with E-state index in [2.05, 4.69) is 16.0 Å². The van der Waals surface area contributed by atoms with Gasteiger partial charge in [-0.05, 0) is 50.8 Å². The second kappa shape index (κ2) is 12.1. The number of halogens is 1. The lowest BCUT2D eigenvalue weighted by atomic mass is 10.1. The Kier molecular flexibility index (Phi) is 8.88. The van der Waals surface area contributed by atoms with E-state index in [0.717, 1.165) is 25.7 Å². The summed E-state index contributed by atoms with van der Waals surface area (Å²) in [5.41, 5.74) is 0.592. The summed E-state index contributed by atoms with van der Waals surface area (Å²) in [6, 6.07) is 2.16. The van der Waals surface area contributed by atoms with Crippen LogP contribution < -0.4 is 16.0 Å². The van der Waals surface area contributed by atoms with Crippen LogP contribution in [-0.2, 0) is 28.7 Å². The highest BCUT2D eigenvalue weighted by molar-refractivity contribution is 6.34. The lowest BCUT2D eigenvalue weighted by molar-refractivity contribution is -0.176. The molecule has 4 rings (SSSR count). The predicted molar refractivity (Wildman–Crippen MR) is 137 cm³/mol. The van der Waals surface area contributed by atoms with Crippen LogP contribution in [0.5, 0.6) is 0 Å². The Morgan fingerprint density at radius 2 is 1.87 bits per heavy atom. The molecule has 1 saturated carbocycles. The molecule has 206 valence electrons. The maximum Gasteiger partial charge on any atom is 0.310 e. The zero-order valence-electron chi connectivity index (χ0n) is 21.5. The third kappa shape index (κ3) is 6.63. The van der Waals surface area contributed by atoms with Gasteiger partial charge in [-0.3, -0.25) is 24.0 Å². The first-order chi connectivity index (χ1) is 18.1. The maximum absolute atomic E-state index is 13.2. The molecule has 38 heavy (non-hydrogen) atoms. The van der Waals surface area contributed by atoms with E-state index in [1.807, 2.05) is 0 Å². The van der Waals surface area contributed by atoms with E-state index in [9.17, 15) is 24.0 Å². The number of cyclic esters (lactones) is 1. The van der Waals surface area contributed by atoms with E-state index in [4.69, 9.17) is 21.1 Å². The van der Waals surface area contributed by atoms with Crippen molar-refractivity contribution >= 4 is 46.9 Å². The number of ether oxygens (including phenoxy) is 2. The molecule has 1 aromatic rings. The lowest BCUT2D eigenvalue weighted by Gasteiger charge is -2.29. The largest absolute Gasteiger partial charge is 0.433 e. The van der Waals surface area contributed by atoms with Crippen LogP contribution in [0.25, 0.3) is 0 Å². The van der Waals surface area contributed by atoms with Crippen molar-refractivity contribution in [1.29, 1.82) is 0 Å². The average molecular weight is 549 g/mol. The number of esters is 1. The monoisotopic (exact) mass is 548 g/mol. The highest BCUT2D eigenvalue weighted by atomic mass is 35.5. The number of nitrogens with zero attached hydrogens (tertiary/aromatic N) is 1. The van der Waals surface area contributed by atoms with E-state index >= 15 is 0 Å². The number of hydrogen-bond donors (Lipinski definition) is 3. The minimum absolute atomic E-state index is 0.0100. The van der Waals surface area contributed by atoms with Crippen molar-refractivity contribution in [3.63, 3.8) is 0 Å². The number of likely N-dealkylation sites (tertiary alicyclic amines) is 1.